The molecule has 0 unspecified atom stereocenters. The van der Waals surface area contributed by atoms with Crippen molar-refractivity contribution in [3.05, 3.63) is 50.4 Å². The molecule has 0 aliphatic carbocycles. The molecule has 0 fully saturated rings. The van der Waals surface area contributed by atoms with Gasteiger partial charge in [0.05, 0.1) is 14.5 Å². The van der Waals surface area contributed by atoms with Crippen molar-refractivity contribution in [2.45, 2.75) is 19.8 Å². The maximum Gasteiger partial charge on any atom is 0.336 e. The number of aromatic carboxylic acids is 1. The summed E-state index contributed by atoms with van der Waals surface area (Å²) >= 11 is 6.58. The number of benzene rings is 2. The van der Waals surface area contributed by atoms with Gasteiger partial charge in [-0.3, -0.25) is 0 Å². The topological polar surface area (TPSA) is 66.8 Å². The second-order valence-corrected chi connectivity index (χ2v) is 6.61. The summed E-state index contributed by atoms with van der Waals surface area (Å²) in [5, 5.41) is 18.9. The molecule has 0 atom stereocenters. The molecule has 0 spiro atoms. The Morgan fingerprint density at radius 3 is 2.41 bits per heavy atom. The molecule has 2 aromatic rings. The lowest BCUT2D eigenvalue weighted by Crippen LogP contribution is -1.99. The first-order valence-electron chi connectivity index (χ1n) is 6.53. The van der Waals surface area contributed by atoms with E-state index in [2.05, 4.69) is 31.9 Å². The number of phenolic OH excluding ortho intramolecular Hbond substituents is 1. The van der Waals surface area contributed by atoms with Gasteiger partial charge in [0, 0.05) is 5.56 Å². The van der Waals surface area contributed by atoms with E-state index >= 15 is 0 Å². The third kappa shape index (κ3) is 3.44. The van der Waals surface area contributed by atoms with Crippen LogP contribution in [0, 0.1) is 0 Å². The van der Waals surface area contributed by atoms with Gasteiger partial charge < -0.3 is 14.9 Å². The van der Waals surface area contributed by atoms with Crippen LogP contribution in [0.1, 0.15) is 35.7 Å². The van der Waals surface area contributed by atoms with Crippen LogP contribution in [0.4, 0.5) is 0 Å². The molecular formula is C16H14Br2O4. The average Bonchev–Trinajstić information content (AvgIpc) is 2.45. The van der Waals surface area contributed by atoms with Crippen LogP contribution in [-0.4, -0.2) is 16.2 Å². The Morgan fingerprint density at radius 1 is 1.14 bits per heavy atom. The van der Waals surface area contributed by atoms with Crippen LogP contribution in [-0.2, 0) is 0 Å². The van der Waals surface area contributed by atoms with Crippen molar-refractivity contribution in [1.29, 1.82) is 0 Å². The third-order valence-electron chi connectivity index (χ3n) is 3.13. The Hall–Kier alpha value is -1.53. The van der Waals surface area contributed by atoms with Crippen molar-refractivity contribution in [3.63, 3.8) is 0 Å². The van der Waals surface area contributed by atoms with Crippen molar-refractivity contribution in [2.75, 3.05) is 0 Å². The highest BCUT2D eigenvalue weighted by Gasteiger charge is 2.16. The van der Waals surface area contributed by atoms with Crippen LogP contribution in [0.25, 0.3) is 0 Å². The van der Waals surface area contributed by atoms with Crippen LogP contribution in [0.5, 0.6) is 17.2 Å². The van der Waals surface area contributed by atoms with E-state index in [1.54, 1.807) is 24.3 Å². The smallest absolute Gasteiger partial charge is 0.336 e. The van der Waals surface area contributed by atoms with Gasteiger partial charge in [0.15, 0.2) is 0 Å². The van der Waals surface area contributed by atoms with Crippen molar-refractivity contribution in [1.82, 2.24) is 0 Å². The molecule has 6 heteroatoms. The number of carbonyl (C=O) groups is 1. The molecule has 0 aromatic heterocycles. The van der Waals surface area contributed by atoms with Gasteiger partial charge in [-0.1, -0.05) is 13.8 Å². The quantitative estimate of drug-likeness (QED) is 0.670. The molecule has 0 heterocycles. The number of carboxylic acid groups (broad SMARTS) is 1. The molecule has 2 aromatic carbocycles. The Balaban J connectivity index is 2.38. The summed E-state index contributed by atoms with van der Waals surface area (Å²) in [6.07, 6.45) is 0. The maximum atomic E-state index is 11.1. The molecule has 0 saturated heterocycles. The van der Waals surface area contributed by atoms with Crippen LogP contribution >= 0.6 is 31.9 Å². The zero-order chi connectivity index (χ0) is 16.4. The molecule has 0 radical (unpaired) electrons. The molecule has 0 bridgehead atoms. The van der Waals surface area contributed by atoms with Crippen LogP contribution < -0.4 is 4.74 Å². The predicted octanol–water partition coefficient (Wildman–Crippen LogP) is 5.53. The standard InChI is InChI=1S/C16H14Br2O4/c1-8(2)11-7-9(3-5-12(11)19)22-13-6-4-10(16(20)21)14(17)15(13)18/h3-8,19H,1-2H3,(H,20,21). The Kier molecular flexibility index (Phi) is 5.13. The molecule has 0 saturated carbocycles. The largest absolute Gasteiger partial charge is 0.508 e. The number of hydrogen-bond acceptors (Lipinski definition) is 3. The van der Waals surface area contributed by atoms with Gasteiger partial charge in [0.2, 0.25) is 0 Å². The fraction of sp³-hybridized carbons (Fsp3) is 0.188. The van der Waals surface area contributed by atoms with Gasteiger partial charge >= 0.3 is 5.97 Å². The van der Waals surface area contributed by atoms with E-state index in [4.69, 9.17) is 9.84 Å². The fourth-order valence-corrected chi connectivity index (χ4v) is 2.89. The zero-order valence-corrected chi connectivity index (χ0v) is 15.1. The predicted molar refractivity (Wildman–Crippen MR) is 91.1 cm³/mol. The monoisotopic (exact) mass is 428 g/mol. The lowest BCUT2D eigenvalue weighted by molar-refractivity contribution is 0.0696. The molecule has 22 heavy (non-hydrogen) atoms. The molecule has 4 nitrogen and oxygen atoms in total. The van der Waals surface area contributed by atoms with E-state index in [-0.39, 0.29) is 17.2 Å². The van der Waals surface area contributed by atoms with E-state index < -0.39 is 5.97 Å². The number of rotatable bonds is 4. The second-order valence-electron chi connectivity index (χ2n) is 5.02. The summed E-state index contributed by atoms with van der Waals surface area (Å²) in [5.74, 6) is 0.414. The van der Waals surface area contributed by atoms with Gasteiger partial charge in [-0.15, -0.1) is 0 Å². The van der Waals surface area contributed by atoms with E-state index in [0.29, 0.717) is 20.4 Å². The van der Waals surface area contributed by atoms with Crippen LogP contribution in [0.15, 0.2) is 39.3 Å². The minimum Gasteiger partial charge on any atom is -0.508 e. The van der Waals surface area contributed by atoms with Crippen LogP contribution in [0.3, 0.4) is 0 Å². The number of halogens is 2. The van der Waals surface area contributed by atoms with E-state index in [0.717, 1.165) is 5.56 Å². The molecule has 2 N–H and O–H groups in total. The molecule has 0 aliphatic heterocycles. The summed E-state index contributed by atoms with van der Waals surface area (Å²) < 4.78 is 6.73. The van der Waals surface area contributed by atoms with E-state index in [1.807, 2.05) is 13.8 Å². The van der Waals surface area contributed by atoms with Crippen molar-refractivity contribution < 1.29 is 19.7 Å². The third-order valence-corrected chi connectivity index (χ3v) is 5.27. The second kappa shape index (κ2) is 6.71. The average molecular weight is 430 g/mol. The lowest BCUT2D eigenvalue weighted by Gasteiger charge is -2.13. The highest BCUT2D eigenvalue weighted by molar-refractivity contribution is 9.13. The van der Waals surface area contributed by atoms with Crippen molar-refractivity contribution >= 4 is 37.8 Å². The maximum absolute atomic E-state index is 11.1. The highest BCUT2D eigenvalue weighted by Crippen LogP contribution is 2.39. The summed E-state index contributed by atoms with van der Waals surface area (Å²) in [5.41, 5.74) is 0.933. The number of hydrogen-bond donors (Lipinski definition) is 2. The first kappa shape index (κ1) is 16.8. The van der Waals surface area contributed by atoms with Gasteiger partial charge in [0.1, 0.15) is 17.2 Å². The normalized spacial score (nSPS) is 10.8. The molecule has 0 aliphatic rings. The Bertz CT molecular complexity index is 726. The molecule has 0 amide bonds. The number of phenols is 1. The summed E-state index contributed by atoms with van der Waals surface area (Å²) in [6.45, 7) is 3.96. The molecule has 2 rings (SSSR count). The lowest BCUT2D eigenvalue weighted by atomic mass is 10.0. The van der Waals surface area contributed by atoms with Gasteiger partial charge in [-0.2, -0.15) is 0 Å². The van der Waals surface area contributed by atoms with E-state index in [9.17, 15) is 9.90 Å². The zero-order valence-electron chi connectivity index (χ0n) is 11.9. The van der Waals surface area contributed by atoms with Crippen LogP contribution in [0.2, 0.25) is 0 Å². The minimum absolute atomic E-state index is 0.146. The number of aromatic hydroxyl groups is 1. The summed E-state index contributed by atoms with van der Waals surface area (Å²) in [4.78, 5) is 11.1. The Morgan fingerprint density at radius 2 is 1.82 bits per heavy atom. The van der Waals surface area contributed by atoms with Crippen molar-refractivity contribution in [3.8, 4) is 17.2 Å². The van der Waals surface area contributed by atoms with Gasteiger partial charge in [-0.25, -0.2) is 4.79 Å². The molecular weight excluding hydrogens is 416 g/mol. The summed E-state index contributed by atoms with van der Waals surface area (Å²) in [7, 11) is 0. The summed E-state index contributed by atoms with van der Waals surface area (Å²) in [6, 6.07) is 8.06. The minimum atomic E-state index is -1.02. The van der Waals surface area contributed by atoms with Gasteiger partial charge in [0.25, 0.3) is 0 Å². The first-order valence-corrected chi connectivity index (χ1v) is 8.12. The fourth-order valence-electron chi connectivity index (χ4n) is 1.96. The van der Waals surface area contributed by atoms with E-state index in [1.165, 1.54) is 6.07 Å². The Labute approximate surface area is 145 Å². The first-order chi connectivity index (χ1) is 10.3. The SMILES string of the molecule is CC(C)c1cc(Oc2ccc(C(=O)O)c(Br)c2Br)ccc1O. The molecule has 116 valence electrons. The number of ether oxygens (including phenoxy) is 1. The highest BCUT2D eigenvalue weighted by atomic mass is 79.9. The van der Waals surface area contributed by atoms with Gasteiger partial charge in [-0.05, 0) is 68.1 Å². The van der Waals surface area contributed by atoms with Crippen molar-refractivity contribution in [2.24, 2.45) is 0 Å². The number of carboxylic acids is 1.